The van der Waals surface area contributed by atoms with E-state index in [9.17, 15) is 5.11 Å². The van der Waals surface area contributed by atoms with Crippen molar-refractivity contribution < 1.29 is 5.11 Å². The van der Waals surface area contributed by atoms with Crippen molar-refractivity contribution in [2.24, 2.45) is 0 Å². The van der Waals surface area contributed by atoms with E-state index in [-0.39, 0.29) is 0 Å². The number of benzene rings is 1. The Hall–Kier alpha value is -0.980. The molecular formula is C14H22O. The van der Waals surface area contributed by atoms with Crippen LogP contribution >= 0.6 is 0 Å². The van der Waals surface area contributed by atoms with Crippen LogP contribution < -0.4 is 0 Å². The van der Waals surface area contributed by atoms with Crippen molar-refractivity contribution in [3.63, 3.8) is 0 Å². The van der Waals surface area contributed by atoms with Crippen molar-refractivity contribution >= 4 is 0 Å². The standard InChI is InChI=1S/C12H16O.C2H6/c1-8-4-3-5-10-7-11(13)6-9(2)12(8)10;1-2/h6-8,13H,3-5H2,1-2H3;1-2H3/t8-;/m1./s1. The fraction of sp³-hybridized carbons (Fsp3) is 0.571. The van der Waals surface area contributed by atoms with Crippen molar-refractivity contribution in [3.8, 4) is 5.75 Å². The van der Waals surface area contributed by atoms with Gasteiger partial charge in [0.2, 0.25) is 0 Å². The molecule has 1 nitrogen and oxygen atoms in total. The zero-order valence-corrected chi connectivity index (χ0v) is 10.3. The highest BCUT2D eigenvalue weighted by molar-refractivity contribution is 5.44. The van der Waals surface area contributed by atoms with E-state index in [2.05, 4.69) is 13.8 Å². The van der Waals surface area contributed by atoms with E-state index in [1.807, 2.05) is 26.0 Å². The first kappa shape index (κ1) is 12.1. The van der Waals surface area contributed by atoms with E-state index in [4.69, 9.17) is 0 Å². The Labute approximate surface area is 93.1 Å². The number of aromatic hydroxyl groups is 1. The highest BCUT2D eigenvalue weighted by Gasteiger charge is 2.18. The Bertz CT molecular complexity index is 328. The third kappa shape index (κ3) is 2.53. The van der Waals surface area contributed by atoms with Gasteiger partial charge in [-0.15, -0.1) is 0 Å². The van der Waals surface area contributed by atoms with Crippen molar-refractivity contribution in [2.75, 3.05) is 0 Å². The summed E-state index contributed by atoms with van der Waals surface area (Å²) in [4.78, 5) is 0. The molecule has 1 heteroatoms. The molecule has 2 rings (SSSR count). The maximum absolute atomic E-state index is 9.46. The van der Waals surface area contributed by atoms with Crippen molar-refractivity contribution in [3.05, 3.63) is 28.8 Å². The molecule has 1 aromatic rings. The van der Waals surface area contributed by atoms with Crippen LogP contribution in [-0.2, 0) is 6.42 Å². The van der Waals surface area contributed by atoms with Gasteiger partial charge in [0.05, 0.1) is 0 Å². The Morgan fingerprint density at radius 1 is 1.27 bits per heavy atom. The van der Waals surface area contributed by atoms with Crippen molar-refractivity contribution in [1.82, 2.24) is 0 Å². The van der Waals surface area contributed by atoms with Gasteiger partial charge in [-0.1, -0.05) is 20.8 Å². The minimum atomic E-state index is 0.422. The van der Waals surface area contributed by atoms with Gasteiger partial charge < -0.3 is 5.11 Å². The first-order valence-corrected chi connectivity index (χ1v) is 6.01. The molecule has 0 radical (unpaired) electrons. The molecule has 0 unspecified atom stereocenters. The Kier molecular flexibility index (Phi) is 4.19. The number of hydrogen-bond donors (Lipinski definition) is 1. The van der Waals surface area contributed by atoms with E-state index in [0.29, 0.717) is 11.7 Å². The van der Waals surface area contributed by atoms with Gasteiger partial charge in [0.15, 0.2) is 0 Å². The van der Waals surface area contributed by atoms with Crippen LogP contribution in [0.3, 0.4) is 0 Å². The number of hydrogen-bond acceptors (Lipinski definition) is 1. The van der Waals surface area contributed by atoms with Gasteiger partial charge >= 0.3 is 0 Å². The van der Waals surface area contributed by atoms with E-state index in [1.54, 1.807) is 0 Å². The van der Waals surface area contributed by atoms with Gasteiger partial charge in [0, 0.05) is 0 Å². The lowest BCUT2D eigenvalue weighted by atomic mass is 9.81. The lowest BCUT2D eigenvalue weighted by Gasteiger charge is -2.24. The largest absolute Gasteiger partial charge is 0.508 e. The summed E-state index contributed by atoms with van der Waals surface area (Å²) in [6.45, 7) is 8.38. The summed E-state index contributed by atoms with van der Waals surface area (Å²) in [5, 5.41) is 9.46. The van der Waals surface area contributed by atoms with Crippen LogP contribution in [0.5, 0.6) is 5.75 Å². The summed E-state index contributed by atoms with van der Waals surface area (Å²) >= 11 is 0. The lowest BCUT2D eigenvalue weighted by molar-refractivity contribution is 0.471. The van der Waals surface area contributed by atoms with Gasteiger partial charge in [0.25, 0.3) is 0 Å². The molecule has 84 valence electrons. The van der Waals surface area contributed by atoms with Crippen LogP contribution in [0.1, 0.15) is 56.2 Å². The molecule has 1 atom stereocenters. The zero-order valence-electron chi connectivity index (χ0n) is 10.3. The second-order valence-corrected chi connectivity index (χ2v) is 4.13. The molecule has 0 bridgehead atoms. The fourth-order valence-electron chi connectivity index (χ4n) is 2.51. The van der Waals surface area contributed by atoms with Crippen LogP contribution in [0.25, 0.3) is 0 Å². The molecule has 0 saturated carbocycles. The SMILES string of the molecule is CC.Cc1cc(O)cc2c1[C@H](C)CCC2. The number of phenols is 1. The molecule has 0 aliphatic heterocycles. The first-order chi connectivity index (χ1) is 7.18. The molecule has 0 amide bonds. The molecule has 1 N–H and O–H groups in total. The molecule has 0 spiro atoms. The van der Waals surface area contributed by atoms with Gasteiger partial charge in [-0.3, -0.25) is 0 Å². The minimum absolute atomic E-state index is 0.422. The fourth-order valence-corrected chi connectivity index (χ4v) is 2.51. The monoisotopic (exact) mass is 206 g/mol. The molecule has 1 aromatic carbocycles. The van der Waals surface area contributed by atoms with Crippen LogP contribution in [0.4, 0.5) is 0 Å². The highest BCUT2D eigenvalue weighted by atomic mass is 16.3. The molecule has 1 aliphatic rings. The summed E-state index contributed by atoms with van der Waals surface area (Å²) < 4.78 is 0. The predicted molar refractivity (Wildman–Crippen MR) is 65.5 cm³/mol. The van der Waals surface area contributed by atoms with E-state index in [0.717, 1.165) is 6.42 Å². The van der Waals surface area contributed by atoms with Crippen molar-refractivity contribution in [1.29, 1.82) is 0 Å². The second kappa shape index (κ2) is 5.20. The summed E-state index contributed by atoms with van der Waals surface area (Å²) in [5.41, 5.74) is 4.09. The third-order valence-corrected chi connectivity index (χ3v) is 3.03. The van der Waals surface area contributed by atoms with E-state index >= 15 is 0 Å². The maximum atomic E-state index is 9.46. The topological polar surface area (TPSA) is 20.2 Å². The smallest absolute Gasteiger partial charge is 0.116 e. The highest BCUT2D eigenvalue weighted by Crippen LogP contribution is 2.35. The van der Waals surface area contributed by atoms with E-state index in [1.165, 1.54) is 29.5 Å². The van der Waals surface area contributed by atoms with Crippen LogP contribution in [0.2, 0.25) is 0 Å². The van der Waals surface area contributed by atoms with Crippen LogP contribution in [0, 0.1) is 6.92 Å². The summed E-state index contributed by atoms with van der Waals surface area (Å²) in [6.07, 6.45) is 3.69. The Morgan fingerprint density at radius 2 is 1.93 bits per heavy atom. The predicted octanol–water partition coefficient (Wildman–Crippen LogP) is 4.17. The zero-order chi connectivity index (χ0) is 11.4. The summed E-state index contributed by atoms with van der Waals surface area (Å²) in [7, 11) is 0. The molecule has 0 aromatic heterocycles. The van der Waals surface area contributed by atoms with E-state index < -0.39 is 0 Å². The molecule has 0 saturated heterocycles. The minimum Gasteiger partial charge on any atom is -0.508 e. The van der Waals surface area contributed by atoms with Gasteiger partial charge in [0.1, 0.15) is 5.75 Å². The third-order valence-electron chi connectivity index (χ3n) is 3.03. The normalized spacial score (nSPS) is 18.8. The van der Waals surface area contributed by atoms with Crippen LogP contribution in [-0.4, -0.2) is 5.11 Å². The lowest BCUT2D eigenvalue weighted by Crippen LogP contribution is -2.08. The molecule has 1 aliphatic carbocycles. The van der Waals surface area contributed by atoms with Crippen molar-refractivity contribution in [2.45, 2.75) is 52.9 Å². The Balaban J connectivity index is 0.000000531. The average Bonchev–Trinajstić information content (AvgIpc) is 2.19. The number of phenolic OH excluding ortho intramolecular Hbond substituents is 1. The summed E-state index contributed by atoms with van der Waals surface area (Å²) in [5.74, 6) is 1.09. The number of aryl methyl sites for hydroxylation is 2. The van der Waals surface area contributed by atoms with Gasteiger partial charge in [-0.25, -0.2) is 0 Å². The number of rotatable bonds is 0. The summed E-state index contributed by atoms with van der Waals surface area (Å²) in [6, 6.07) is 3.80. The Morgan fingerprint density at radius 3 is 2.60 bits per heavy atom. The maximum Gasteiger partial charge on any atom is 0.116 e. The molecule has 15 heavy (non-hydrogen) atoms. The molecule has 0 fully saturated rings. The number of fused-ring (bicyclic) bond motifs is 1. The first-order valence-electron chi connectivity index (χ1n) is 6.01. The molecule has 0 heterocycles. The van der Waals surface area contributed by atoms with Crippen LogP contribution in [0.15, 0.2) is 12.1 Å². The second-order valence-electron chi connectivity index (χ2n) is 4.13. The van der Waals surface area contributed by atoms with Gasteiger partial charge in [-0.05, 0) is 60.9 Å². The molecular weight excluding hydrogens is 184 g/mol. The van der Waals surface area contributed by atoms with Gasteiger partial charge in [-0.2, -0.15) is 0 Å². The average molecular weight is 206 g/mol. The quantitative estimate of drug-likeness (QED) is 0.675.